The molecule has 0 radical (unpaired) electrons. The van der Waals surface area contributed by atoms with E-state index in [2.05, 4.69) is 42.3 Å². The SMILES string of the molecule is CC1(C)Cc2cccc(CNc3ccc(Cl)nc3)c2O1. The summed E-state index contributed by atoms with van der Waals surface area (Å²) in [6, 6.07) is 10.0. The highest BCUT2D eigenvalue weighted by atomic mass is 35.5. The van der Waals surface area contributed by atoms with Gasteiger partial charge in [-0.2, -0.15) is 0 Å². The highest BCUT2D eigenvalue weighted by Crippen LogP contribution is 2.37. The number of nitrogens with one attached hydrogen (secondary N) is 1. The highest BCUT2D eigenvalue weighted by Gasteiger charge is 2.31. The standard InChI is InChI=1S/C16H17ClN2O/c1-16(2)8-11-4-3-5-12(15(11)20-16)9-18-13-6-7-14(17)19-10-13/h3-7,10,18H,8-9H2,1-2H3. The average molecular weight is 289 g/mol. The van der Waals surface area contributed by atoms with E-state index in [1.54, 1.807) is 12.3 Å². The lowest BCUT2D eigenvalue weighted by atomic mass is 10.0. The third kappa shape index (κ3) is 2.73. The molecule has 0 fully saturated rings. The number of nitrogens with zero attached hydrogens (tertiary/aromatic N) is 1. The Hall–Kier alpha value is -1.74. The lowest BCUT2D eigenvalue weighted by molar-refractivity contribution is 0.137. The van der Waals surface area contributed by atoms with Gasteiger partial charge in [-0.15, -0.1) is 0 Å². The van der Waals surface area contributed by atoms with Gasteiger partial charge in [-0.25, -0.2) is 4.98 Å². The summed E-state index contributed by atoms with van der Waals surface area (Å²) in [5.74, 6) is 1.02. The van der Waals surface area contributed by atoms with E-state index in [9.17, 15) is 0 Å². The molecule has 0 saturated heterocycles. The Morgan fingerprint density at radius 3 is 2.90 bits per heavy atom. The van der Waals surface area contributed by atoms with Crippen LogP contribution in [0.15, 0.2) is 36.5 Å². The van der Waals surface area contributed by atoms with E-state index >= 15 is 0 Å². The Bertz CT molecular complexity index is 623. The van der Waals surface area contributed by atoms with Gasteiger partial charge in [-0.3, -0.25) is 0 Å². The number of ether oxygens (including phenoxy) is 1. The van der Waals surface area contributed by atoms with Crippen molar-refractivity contribution in [3.05, 3.63) is 52.8 Å². The maximum atomic E-state index is 6.06. The molecule has 0 aliphatic carbocycles. The van der Waals surface area contributed by atoms with E-state index in [-0.39, 0.29) is 5.60 Å². The van der Waals surface area contributed by atoms with E-state index in [0.29, 0.717) is 11.7 Å². The molecule has 3 nitrogen and oxygen atoms in total. The Balaban J connectivity index is 1.76. The Morgan fingerprint density at radius 2 is 2.15 bits per heavy atom. The molecule has 4 heteroatoms. The first-order valence-electron chi connectivity index (χ1n) is 6.69. The van der Waals surface area contributed by atoms with Crippen LogP contribution in [-0.4, -0.2) is 10.6 Å². The summed E-state index contributed by atoms with van der Waals surface area (Å²) in [5, 5.41) is 3.85. The molecule has 2 heterocycles. The fraction of sp³-hybridized carbons (Fsp3) is 0.312. The summed E-state index contributed by atoms with van der Waals surface area (Å²) in [4.78, 5) is 4.06. The molecule has 0 amide bonds. The van der Waals surface area contributed by atoms with Gasteiger partial charge in [0, 0.05) is 18.5 Å². The molecule has 0 atom stereocenters. The molecule has 2 aromatic rings. The minimum atomic E-state index is -0.111. The number of rotatable bonds is 3. The molecule has 1 aliphatic heterocycles. The third-order valence-corrected chi connectivity index (χ3v) is 3.61. The van der Waals surface area contributed by atoms with Gasteiger partial charge in [0.25, 0.3) is 0 Å². The first-order chi connectivity index (χ1) is 9.53. The molecule has 0 saturated carbocycles. The number of para-hydroxylation sites is 1. The lowest BCUT2D eigenvalue weighted by Gasteiger charge is -2.18. The maximum Gasteiger partial charge on any atom is 0.129 e. The van der Waals surface area contributed by atoms with Gasteiger partial charge >= 0.3 is 0 Å². The first-order valence-corrected chi connectivity index (χ1v) is 7.06. The first kappa shape index (κ1) is 13.3. The number of fused-ring (bicyclic) bond motifs is 1. The zero-order chi connectivity index (χ0) is 14.2. The van der Waals surface area contributed by atoms with Crippen molar-refractivity contribution in [2.75, 3.05) is 5.32 Å². The maximum absolute atomic E-state index is 6.06. The van der Waals surface area contributed by atoms with E-state index in [1.807, 2.05) is 6.07 Å². The van der Waals surface area contributed by atoms with Crippen LogP contribution < -0.4 is 10.1 Å². The molecule has 0 unspecified atom stereocenters. The molecule has 1 N–H and O–H groups in total. The Kier molecular flexibility index (Phi) is 3.30. The van der Waals surface area contributed by atoms with Crippen LogP contribution in [0.3, 0.4) is 0 Å². The van der Waals surface area contributed by atoms with E-state index in [0.717, 1.165) is 17.9 Å². The molecule has 0 bridgehead atoms. The molecule has 20 heavy (non-hydrogen) atoms. The van der Waals surface area contributed by atoms with Crippen molar-refractivity contribution >= 4 is 17.3 Å². The highest BCUT2D eigenvalue weighted by molar-refractivity contribution is 6.29. The smallest absolute Gasteiger partial charge is 0.129 e. The average Bonchev–Trinajstić information content (AvgIpc) is 2.72. The number of hydrogen-bond acceptors (Lipinski definition) is 3. The largest absolute Gasteiger partial charge is 0.487 e. The van der Waals surface area contributed by atoms with Crippen LogP contribution in [0.4, 0.5) is 5.69 Å². The number of anilines is 1. The van der Waals surface area contributed by atoms with Crippen molar-refractivity contribution in [1.82, 2.24) is 4.98 Å². The zero-order valence-corrected chi connectivity index (χ0v) is 12.4. The number of hydrogen-bond donors (Lipinski definition) is 1. The number of benzene rings is 1. The second-order valence-corrected chi connectivity index (χ2v) is 6.05. The molecule has 1 aromatic carbocycles. The van der Waals surface area contributed by atoms with Crippen molar-refractivity contribution in [3.8, 4) is 5.75 Å². The third-order valence-electron chi connectivity index (χ3n) is 3.38. The van der Waals surface area contributed by atoms with Crippen molar-refractivity contribution in [2.24, 2.45) is 0 Å². The quantitative estimate of drug-likeness (QED) is 0.865. The fourth-order valence-electron chi connectivity index (χ4n) is 2.50. The van der Waals surface area contributed by atoms with Crippen LogP contribution >= 0.6 is 11.6 Å². The number of aromatic nitrogens is 1. The van der Waals surface area contributed by atoms with Crippen LogP contribution in [0.1, 0.15) is 25.0 Å². The molecule has 0 spiro atoms. The molecular formula is C16H17ClN2O. The van der Waals surface area contributed by atoms with E-state index < -0.39 is 0 Å². The van der Waals surface area contributed by atoms with Crippen LogP contribution in [0.2, 0.25) is 5.15 Å². The second kappa shape index (κ2) is 4.98. The van der Waals surface area contributed by atoms with E-state index in [4.69, 9.17) is 16.3 Å². The second-order valence-electron chi connectivity index (χ2n) is 5.67. The minimum Gasteiger partial charge on any atom is -0.487 e. The summed E-state index contributed by atoms with van der Waals surface area (Å²) in [5.41, 5.74) is 3.29. The van der Waals surface area contributed by atoms with Crippen LogP contribution in [0.25, 0.3) is 0 Å². The Labute approximate surface area is 123 Å². The molecule has 1 aromatic heterocycles. The minimum absolute atomic E-state index is 0.111. The summed E-state index contributed by atoms with van der Waals surface area (Å²) in [6.07, 6.45) is 2.69. The van der Waals surface area contributed by atoms with Crippen molar-refractivity contribution in [2.45, 2.75) is 32.4 Å². The van der Waals surface area contributed by atoms with Crippen LogP contribution in [-0.2, 0) is 13.0 Å². The molecular weight excluding hydrogens is 272 g/mol. The predicted octanol–water partition coefficient (Wildman–Crippen LogP) is 4.06. The summed E-state index contributed by atoms with van der Waals surface area (Å²) in [7, 11) is 0. The number of pyridine rings is 1. The Morgan fingerprint density at radius 1 is 1.30 bits per heavy atom. The monoisotopic (exact) mass is 288 g/mol. The summed E-state index contributed by atoms with van der Waals surface area (Å²) >= 11 is 5.78. The molecule has 1 aliphatic rings. The van der Waals surface area contributed by atoms with E-state index in [1.165, 1.54) is 11.1 Å². The molecule has 104 valence electrons. The van der Waals surface area contributed by atoms with Gasteiger partial charge in [0.05, 0.1) is 11.9 Å². The van der Waals surface area contributed by atoms with Gasteiger partial charge in [0.1, 0.15) is 16.5 Å². The van der Waals surface area contributed by atoms with Gasteiger partial charge in [-0.1, -0.05) is 29.8 Å². The van der Waals surface area contributed by atoms with Crippen LogP contribution in [0.5, 0.6) is 5.75 Å². The van der Waals surface area contributed by atoms with Crippen molar-refractivity contribution in [3.63, 3.8) is 0 Å². The molecule has 3 rings (SSSR count). The van der Waals surface area contributed by atoms with Crippen molar-refractivity contribution in [1.29, 1.82) is 0 Å². The summed E-state index contributed by atoms with van der Waals surface area (Å²) in [6.45, 7) is 4.95. The zero-order valence-electron chi connectivity index (χ0n) is 11.6. The van der Waals surface area contributed by atoms with Crippen LogP contribution in [0, 0.1) is 0 Å². The van der Waals surface area contributed by atoms with Crippen molar-refractivity contribution < 1.29 is 4.74 Å². The number of halogens is 1. The normalized spacial score (nSPS) is 15.6. The summed E-state index contributed by atoms with van der Waals surface area (Å²) < 4.78 is 6.06. The predicted molar refractivity (Wildman–Crippen MR) is 81.4 cm³/mol. The van der Waals surface area contributed by atoms with Gasteiger partial charge in [-0.05, 0) is 31.5 Å². The van der Waals surface area contributed by atoms with Gasteiger partial charge < -0.3 is 10.1 Å². The lowest BCUT2D eigenvalue weighted by Crippen LogP contribution is -2.25. The van der Waals surface area contributed by atoms with Gasteiger partial charge in [0.2, 0.25) is 0 Å². The van der Waals surface area contributed by atoms with Gasteiger partial charge in [0.15, 0.2) is 0 Å². The fourth-order valence-corrected chi connectivity index (χ4v) is 2.61. The topological polar surface area (TPSA) is 34.2 Å².